The molecule has 2 N–H and O–H groups in total. The Kier molecular flexibility index (Phi) is 4.06. The smallest absolute Gasteiger partial charge is 0.185 e. The highest BCUT2D eigenvalue weighted by molar-refractivity contribution is 5.50. The Morgan fingerprint density at radius 1 is 1.00 bits per heavy atom. The summed E-state index contributed by atoms with van der Waals surface area (Å²) in [5.41, 5.74) is 0.252. The number of anilines is 1. The molecule has 1 unspecified atom stereocenters. The predicted molar refractivity (Wildman–Crippen MR) is 71.2 cm³/mol. The van der Waals surface area contributed by atoms with Gasteiger partial charge < -0.3 is 10.4 Å². The number of phenolic OH excluding ortho intramolecular Hbond substituents is 1. The van der Waals surface area contributed by atoms with Gasteiger partial charge in [0.2, 0.25) is 0 Å². The van der Waals surface area contributed by atoms with E-state index in [-0.39, 0.29) is 11.8 Å². The predicted octanol–water partition coefficient (Wildman–Crippen LogP) is 4.43. The molecule has 0 aliphatic carbocycles. The number of hydrogen-bond donors (Lipinski definition) is 2. The van der Waals surface area contributed by atoms with Crippen LogP contribution in [-0.4, -0.2) is 5.11 Å². The molecule has 0 aromatic heterocycles. The molecule has 2 nitrogen and oxygen atoms in total. The molecule has 0 saturated carbocycles. The van der Waals surface area contributed by atoms with Crippen molar-refractivity contribution in [3.63, 3.8) is 0 Å². The first-order chi connectivity index (χ1) is 9.81. The summed E-state index contributed by atoms with van der Waals surface area (Å²) in [4.78, 5) is 0. The van der Waals surface area contributed by atoms with E-state index >= 15 is 0 Å². The van der Waals surface area contributed by atoms with Gasteiger partial charge in [0.15, 0.2) is 23.3 Å². The zero-order valence-corrected chi connectivity index (χ0v) is 11.3. The Morgan fingerprint density at radius 3 is 2.10 bits per heavy atom. The second kappa shape index (κ2) is 5.63. The molecule has 0 aliphatic rings. The van der Waals surface area contributed by atoms with Crippen LogP contribution in [-0.2, 0) is 0 Å². The third-order valence-corrected chi connectivity index (χ3v) is 3.13. The quantitative estimate of drug-likeness (QED) is 0.649. The summed E-state index contributed by atoms with van der Waals surface area (Å²) < 4.78 is 53.4. The second-order valence-corrected chi connectivity index (χ2v) is 4.77. The first-order valence-corrected chi connectivity index (χ1v) is 6.20. The van der Waals surface area contributed by atoms with Crippen molar-refractivity contribution >= 4 is 5.69 Å². The van der Waals surface area contributed by atoms with E-state index in [4.69, 9.17) is 0 Å². The van der Waals surface area contributed by atoms with Gasteiger partial charge in [-0.3, -0.25) is 0 Å². The standard InChI is InChI=1S/C15H13F4NO/c1-7-3-4-9(12(21)5-7)8(2)20-15-13(18)10(16)6-11(17)14(15)19/h3-6,8,20-21H,1-2H3. The maximum absolute atomic E-state index is 13.6. The third kappa shape index (κ3) is 2.94. The highest BCUT2D eigenvalue weighted by Crippen LogP contribution is 2.31. The van der Waals surface area contributed by atoms with Crippen LogP contribution in [0.15, 0.2) is 24.3 Å². The van der Waals surface area contributed by atoms with Crippen LogP contribution in [0.1, 0.15) is 24.1 Å². The van der Waals surface area contributed by atoms with Gasteiger partial charge in [0, 0.05) is 11.6 Å². The molecule has 0 amide bonds. The van der Waals surface area contributed by atoms with Crippen LogP contribution in [0.2, 0.25) is 0 Å². The largest absolute Gasteiger partial charge is 0.508 e. The van der Waals surface area contributed by atoms with Gasteiger partial charge in [0.05, 0.1) is 6.04 Å². The fourth-order valence-electron chi connectivity index (χ4n) is 2.01. The molecule has 2 aromatic rings. The van der Waals surface area contributed by atoms with Gasteiger partial charge in [-0.25, -0.2) is 17.6 Å². The third-order valence-electron chi connectivity index (χ3n) is 3.13. The van der Waals surface area contributed by atoms with Crippen molar-refractivity contribution in [1.29, 1.82) is 0 Å². The number of halogens is 4. The van der Waals surface area contributed by atoms with Crippen molar-refractivity contribution in [3.8, 4) is 5.75 Å². The zero-order valence-electron chi connectivity index (χ0n) is 11.3. The second-order valence-electron chi connectivity index (χ2n) is 4.77. The average molecular weight is 299 g/mol. The minimum Gasteiger partial charge on any atom is -0.508 e. The highest BCUT2D eigenvalue weighted by Gasteiger charge is 2.21. The van der Waals surface area contributed by atoms with Crippen LogP contribution in [0.4, 0.5) is 23.2 Å². The van der Waals surface area contributed by atoms with Crippen molar-refractivity contribution in [1.82, 2.24) is 0 Å². The van der Waals surface area contributed by atoms with Gasteiger partial charge in [0.25, 0.3) is 0 Å². The lowest BCUT2D eigenvalue weighted by Gasteiger charge is -2.18. The van der Waals surface area contributed by atoms with Crippen LogP contribution in [0.25, 0.3) is 0 Å². The summed E-state index contributed by atoms with van der Waals surface area (Å²) in [6.45, 7) is 3.27. The van der Waals surface area contributed by atoms with E-state index < -0.39 is 35.0 Å². The lowest BCUT2D eigenvalue weighted by molar-refractivity contribution is 0.454. The van der Waals surface area contributed by atoms with Gasteiger partial charge in [0.1, 0.15) is 11.4 Å². The van der Waals surface area contributed by atoms with Crippen LogP contribution < -0.4 is 5.32 Å². The van der Waals surface area contributed by atoms with E-state index in [1.807, 2.05) is 0 Å². The van der Waals surface area contributed by atoms with E-state index in [2.05, 4.69) is 5.32 Å². The molecule has 112 valence electrons. The maximum atomic E-state index is 13.6. The first kappa shape index (κ1) is 15.2. The molecule has 0 fully saturated rings. The summed E-state index contributed by atoms with van der Waals surface area (Å²) in [5, 5.41) is 12.2. The van der Waals surface area contributed by atoms with E-state index in [9.17, 15) is 22.7 Å². The van der Waals surface area contributed by atoms with Crippen LogP contribution >= 0.6 is 0 Å². The molecule has 0 radical (unpaired) electrons. The summed E-state index contributed by atoms with van der Waals surface area (Å²) in [5.74, 6) is -6.07. The van der Waals surface area contributed by atoms with Crippen molar-refractivity contribution < 1.29 is 22.7 Å². The minimum absolute atomic E-state index is 0.0762. The molecule has 6 heteroatoms. The molecule has 0 aliphatic heterocycles. The first-order valence-electron chi connectivity index (χ1n) is 6.20. The summed E-state index contributed by atoms with van der Waals surface area (Å²) in [6, 6.07) is 4.13. The van der Waals surface area contributed by atoms with E-state index in [1.54, 1.807) is 19.1 Å². The Morgan fingerprint density at radius 2 is 1.57 bits per heavy atom. The Labute approximate surface area is 119 Å². The Hall–Kier alpha value is -2.24. The van der Waals surface area contributed by atoms with Crippen molar-refractivity contribution in [2.45, 2.75) is 19.9 Å². The summed E-state index contributed by atoms with van der Waals surface area (Å²) in [7, 11) is 0. The Balaban J connectivity index is 2.38. The topological polar surface area (TPSA) is 32.3 Å². The molecule has 2 aromatic carbocycles. The molecule has 0 spiro atoms. The van der Waals surface area contributed by atoms with Crippen molar-refractivity contribution in [2.75, 3.05) is 5.32 Å². The SMILES string of the molecule is Cc1ccc(C(C)Nc2c(F)c(F)cc(F)c2F)c(O)c1. The number of nitrogens with one attached hydrogen (secondary N) is 1. The van der Waals surface area contributed by atoms with Crippen LogP contribution in [0.3, 0.4) is 0 Å². The molecule has 0 bridgehead atoms. The van der Waals surface area contributed by atoms with Crippen molar-refractivity contribution in [2.24, 2.45) is 0 Å². The van der Waals surface area contributed by atoms with Gasteiger partial charge in [-0.1, -0.05) is 12.1 Å². The van der Waals surface area contributed by atoms with E-state index in [0.29, 0.717) is 5.56 Å². The van der Waals surface area contributed by atoms with Gasteiger partial charge >= 0.3 is 0 Å². The van der Waals surface area contributed by atoms with Gasteiger partial charge in [-0.2, -0.15) is 0 Å². The lowest BCUT2D eigenvalue weighted by Crippen LogP contribution is -2.12. The van der Waals surface area contributed by atoms with Crippen molar-refractivity contribution in [3.05, 3.63) is 58.7 Å². The summed E-state index contributed by atoms with van der Waals surface area (Å²) in [6.07, 6.45) is 0. The fourth-order valence-corrected chi connectivity index (χ4v) is 2.01. The maximum Gasteiger partial charge on any atom is 0.185 e. The number of rotatable bonds is 3. The highest BCUT2D eigenvalue weighted by atomic mass is 19.2. The molecule has 0 heterocycles. The Bertz CT molecular complexity index is 662. The lowest BCUT2D eigenvalue weighted by atomic mass is 10.0. The fraction of sp³-hybridized carbons (Fsp3) is 0.200. The number of aromatic hydroxyl groups is 1. The normalized spacial score (nSPS) is 12.3. The molecule has 1 atom stereocenters. The number of phenols is 1. The molecular weight excluding hydrogens is 286 g/mol. The van der Waals surface area contributed by atoms with Crippen LogP contribution in [0.5, 0.6) is 5.75 Å². The van der Waals surface area contributed by atoms with E-state index in [1.165, 1.54) is 13.0 Å². The molecule has 2 rings (SSSR count). The minimum atomic E-state index is -1.51. The monoisotopic (exact) mass is 299 g/mol. The van der Waals surface area contributed by atoms with Crippen LogP contribution in [0, 0.1) is 30.2 Å². The molecule has 21 heavy (non-hydrogen) atoms. The average Bonchev–Trinajstić information content (AvgIpc) is 2.41. The van der Waals surface area contributed by atoms with Gasteiger partial charge in [-0.05, 0) is 25.5 Å². The van der Waals surface area contributed by atoms with Gasteiger partial charge in [-0.15, -0.1) is 0 Å². The summed E-state index contributed by atoms with van der Waals surface area (Å²) >= 11 is 0. The zero-order chi connectivity index (χ0) is 15.7. The molecule has 0 saturated heterocycles. The molecular formula is C15H13F4NO. The van der Waals surface area contributed by atoms with E-state index in [0.717, 1.165) is 5.56 Å². The number of aryl methyl sites for hydroxylation is 1. The number of benzene rings is 2. The number of hydrogen-bond acceptors (Lipinski definition) is 2.